The quantitative estimate of drug-likeness (QED) is 0.800. The molecule has 6 heteroatoms. The predicted molar refractivity (Wildman–Crippen MR) is 106 cm³/mol. The van der Waals surface area contributed by atoms with E-state index in [1.54, 1.807) is 7.11 Å². The molecule has 0 aliphatic carbocycles. The van der Waals surface area contributed by atoms with Crippen molar-refractivity contribution in [2.24, 2.45) is 4.99 Å². The van der Waals surface area contributed by atoms with Gasteiger partial charge >= 0.3 is 0 Å². The van der Waals surface area contributed by atoms with Crippen molar-refractivity contribution in [1.29, 1.82) is 0 Å². The van der Waals surface area contributed by atoms with Crippen molar-refractivity contribution in [2.75, 3.05) is 13.7 Å². The van der Waals surface area contributed by atoms with Crippen LogP contribution in [0.2, 0.25) is 0 Å². The highest BCUT2D eigenvalue weighted by molar-refractivity contribution is 8.18. The van der Waals surface area contributed by atoms with E-state index < -0.39 is 0 Å². The number of rotatable bonds is 5. The van der Waals surface area contributed by atoms with Gasteiger partial charge in [0.2, 0.25) is 0 Å². The van der Waals surface area contributed by atoms with E-state index in [0.717, 1.165) is 16.9 Å². The van der Waals surface area contributed by atoms with E-state index in [4.69, 9.17) is 9.47 Å². The van der Waals surface area contributed by atoms with Crippen LogP contribution in [0.5, 0.6) is 11.5 Å². The molecule has 1 saturated heterocycles. The number of carbonyl (C=O) groups excluding carboxylic acids is 1. The number of hydrogen-bond donors (Lipinski definition) is 1. The van der Waals surface area contributed by atoms with E-state index in [2.05, 4.69) is 10.3 Å². The van der Waals surface area contributed by atoms with Gasteiger partial charge in [0.15, 0.2) is 5.17 Å². The molecule has 134 valence electrons. The Balaban J connectivity index is 1.85. The van der Waals surface area contributed by atoms with Gasteiger partial charge in [-0.3, -0.25) is 4.79 Å². The Bertz CT molecular complexity index is 890. The number of thioether (sulfide) groups is 1. The first-order valence-corrected chi connectivity index (χ1v) is 9.08. The summed E-state index contributed by atoms with van der Waals surface area (Å²) in [6, 6.07) is 13.4. The number of aliphatic imine (C=N–C) groups is 1. The average molecular weight is 368 g/mol. The molecule has 0 spiro atoms. The van der Waals surface area contributed by atoms with E-state index in [9.17, 15) is 4.79 Å². The summed E-state index contributed by atoms with van der Waals surface area (Å²) >= 11 is 1.31. The second kappa shape index (κ2) is 8.10. The Hall–Kier alpha value is -2.73. The third kappa shape index (κ3) is 4.26. The molecule has 1 amide bonds. The van der Waals surface area contributed by atoms with Crippen LogP contribution in [0.3, 0.4) is 0 Å². The molecular formula is C20H20N2O3S. The monoisotopic (exact) mass is 368 g/mol. The molecule has 0 aromatic heterocycles. The Morgan fingerprint density at radius 2 is 2.08 bits per heavy atom. The highest BCUT2D eigenvalue weighted by Crippen LogP contribution is 2.33. The van der Waals surface area contributed by atoms with Crippen molar-refractivity contribution in [3.8, 4) is 11.5 Å². The van der Waals surface area contributed by atoms with Crippen LogP contribution in [0.25, 0.3) is 6.08 Å². The normalized spacial score (nSPS) is 16.8. The topological polar surface area (TPSA) is 59.9 Å². The number of amidine groups is 1. The third-order valence-electron chi connectivity index (χ3n) is 3.67. The number of nitrogens with zero attached hydrogens (tertiary/aromatic N) is 1. The van der Waals surface area contributed by atoms with Gasteiger partial charge in [-0.05, 0) is 67.1 Å². The number of carbonyl (C=O) groups is 1. The summed E-state index contributed by atoms with van der Waals surface area (Å²) in [5, 5.41) is 3.34. The van der Waals surface area contributed by atoms with Crippen LogP contribution < -0.4 is 14.8 Å². The second-order valence-electron chi connectivity index (χ2n) is 5.66. The molecular weight excluding hydrogens is 348 g/mol. The van der Waals surface area contributed by atoms with E-state index in [1.165, 1.54) is 11.8 Å². The minimum Gasteiger partial charge on any atom is -0.494 e. The zero-order chi connectivity index (χ0) is 18.5. The van der Waals surface area contributed by atoms with Crippen LogP contribution in [0.4, 0.5) is 5.69 Å². The van der Waals surface area contributed by atoms with Crippen molar-refractivity contribution in [3.63, 3.8) is 0 Å². The summed E-state index contributed by atoms with van der Waals surface area (Å²) < 4.78 is 10.8. The summed E-state index contributed by atoms with van der Waals surface area (Å²) in [4.78, 5) is 17.4. The standard InChI is InChI=1S/C20H20N2O3S/c1-4-25-15-7-5-6-14(11-15)12-18-19(23)22-20(26-18)21-16-10-13(2)8-9-17(16)24-3/h5-12H,4H2,1-3H3,(H,21,22,23)/b18-12-. The first-order chi connectivity index (χ1) is 12.6. The Labute approximate surface area is 157 Å². The Morgan fingerprint density at radius 3 is 2.85 bits per heavy atom. The van der Waals surface area contributed by atoms with Crippen LogP contribution in [-0.4, -0.2) is 24.8 Å². The molecule has 5 nitrogen and oxygen atoms in total. The van der Waals surface area contributed by atoms with E-state index in [-0.39, 0.29) is 5.91 Å². The van der Waals surface area contributed by atoms with E-state index >= 15 is 0 Å². The molecule has 2 aromatic carbocycles. The fourth-order valence-corrected chi connectivity index (χ4v) is 3.32. The van der Waals surface area contributed by atoms with E-state index in [1.807, 2.05) is 62.4 Å². The Kier molecular flexibility index (Phi) is 5.63. The first kappa shape index (κ1) is 18.1. The van der Waals surface area contributed by atoms with Gasteiger partial charge in [-0.25, -0.2) is 4.99 Å². The highest BCUT2D eigenvalue weighted by atomic mass is 32.2. The summed E-state index contributed by atoms with van der Waals surface area (Å²) in [7, 11) is 1.60. The van der Waals surface area contributed by atoms with Gasteiger partial charge in [0.25, 0.3) is 5.91 Å². The zero-order valence-corrected chi connectivity index (χ0v) is 15.7. The molecule has 26 heavy (non-hydrogen) atoms. The van der Waals surface area contributed by atoms with Crippen molar-refractivity contribution in [3.05, 3.63) is 58.5 Å². The number of methoxy groups -OCH3 is 1. The van der Waals surface area contributed by atoms with Gasteiger partial charge in [-0.15, -0.1) is 0 Å². The number of amides is 1. The Morgan fingerprint density at radius 1 is 1.23 bits per heavy atom. The summed E-state index contributed by atoms with van der Waals surface area (Å²) in [6.07, 6.45) is 1.83. The highest BCUT2D eigenvalue weighted by Gasteiger charge is 2.24. The van der Waals surface area contributed by atoms with Gasteiger partial charge in [0.1, 0.15) is 17.2 Å². The van der Waals surface area contributed by atoms with Gasteiger partial charge in [-0.1, -0.05) is 18.2 Å². The molecule has 0 unspecified atom stereocenters. The molecule has 1 aliphatic rings. The SMILES string of the molecule is CCOc1cccc(/C=C2\SC(=Nc3cc(C)ccc3OC)NC2=O)c1. The fourth-order valence-electron chi connectivity index (χ4n) is 2.49. The minimum absolute atomic E-state index is 0.165. The number of nitrogens with one attached hydrogen (secondary N) is 1. The maximum Gasteiger partial charge on any atom is 0.264 e. The lowest BCUT2D eigenvalue weighted by atomic mass is 10.2. The lowest BCUT2D eigenvalue weighted by Crippen LogP contribution is -2.19. The third-order valence-corrected chi connectivity index (χ3v) is 4.58. The molecule has 0 atom stereocenters. The smallest absolute Gasteiger partial charge is 0.264 e. The number of benzene rings is 2. The van der Waals surface area contributed by atoms with Crippen LogP contribution in [0, 0.1) is 6.92 Å². The summed E-state index contributed by atoms with van der Waals surface area (Å²) in [5.41, 5.74) is 2.67. The predicted octanol–water partition coefficient (Wildman–Crippen LogP) is 4.29. The molecule has 1 fully saturated rings. The molecule has 0 bridgehead atoms. The lowest BCUT2D eigenvalue weighted by molar-refractivity contribution is -0.115. The van der Waals surface area contributed by atoms with Crippen LogP contribution in [-0.2, 0) is 4.79 Å². The number of ether oxygens (including phenoxy) is 2. The van der Waals surface area contributed by atoms with Crippen molar-refractivity contribution in [2.45, 2.75) is 13.8 Å². The molecule has 0 radical (unpaired) electrons. The molecule has 1 aliphatic heterocycles. The maximum atomic E-state index is 12.3. The summed E-state index contributed by atoms with van der Waals surface area (Å²) in [6.45, 7) is 4.53. The van der Waals surface area contributed by atoms with Gasteiger partial charge in [-0.2, -0.15) is 0 Å². The van der Waals surface area contributed by atoms with E-state index in [0.29, 0.717) is 28.1 Å². The largest absolute Gasteiger partial charge is 0.494 e. The van der Waals surface area contributed by atoms with Crippen molar-refractivity contribution in [1.82, 2.24) is 5.32 Å². The fraction of sp³-hybridized carbons (Fsp3) is 0.200. The van der Waals surface area contributed by atoms with Gasteiger partial charge in [0, 0.05) is 0 Å². The van der Waals surface area contributed by atoms with Crippen LogP contribution in [0.1, 0.15) is 18.1 Å². The lowest BCUT2D eigenvalue weighted by Gasteiger charge is -2.05. The molecule has 3 rings (SSSR count). The number of hydrogen-bond acceptors (Lipinski definition) is 5. The zero-order valence-electron chi connectivity index (χ0n) is 14.9. The number of aryl methyl sites for hydroxylation is 1. The molecule has 0 saturated carbocycles. The minimum atomic E-state index is -0.165. The first-order valence-electron chi connectivity index (χ1n) is 8.26. The maximum absolute atomic E-state index is 12.3. The molecule has 1 heterocycles. The van der Waals surface area contributed by atoms with Crippen molar-refractivity contribution < 1.29 is 14.3 Å². The van der Waals surface area contributed by atoms with Crippen LogP contribution in [0.15, 0.2) is 52.4 Å². The van der Waals surface area contributed by atoms with Gasteiger partial charge < -0.3 is 14.8 Å². The second-order valence-corrected chi connectivity index (χ2v) is 6.69. The average Bonchev–Trinajstić information content (AvgIpc) is 2.95. The molecule has 2 aromatic rings. The van der Waals surface area contributed by atoms with Crippen LogP contribution >= 0.6 is 11.8 Å². The van der Waals surface area contributed by atoms with Crippen molar-refractivity contribution >= 4 is 34.6 Å². The molecule has 1 N–H and O–H groups in total. The summed E-state index contributed by atoms with van der Waals surface area (Å²) in [5.74, 6) is 1.28. The van der Waals surface area contributed by atoms with Gasteiger partial charge in [0.05, 0.1) is 18.6 Å².